The summed E-state index contributed by atoms with van der Waals surface area (Å²) in [6.45, 7) is 0.916. The molecule has 1 heterocycles. The van der Waals surface area contributed by atoms with Gasteiger partial charge in [-0.1, -0.05) is 48.5 Å². The molecule has 0 N–H and O–H groups in total. The fourth-order valence-corrected chi connectivity index (χ4v) is 4.24. The van der Waals surface area contributed by atoms with Crippen molar-refractivity contribution in [3.8, 4) is 6.07 Å². The number of rotatable bonds is 4. The van der Waals surface area contributed by atoms with Crippen LogP contribution in [0.5, 0.6) is 0 Å². The summed E-state index contributed by atoms with van der Waals surface area (Å²) in [6, 6.07) is 21.8. The summed E-state index contributed by atoms with van der Waals surface area (Å²) in [5, 5.41) is 10.4. The fourth-order valence-electron chi connectivity index (χ4n) is 4.24. The number of para-hydroxylation sites is 1. The predicted octanol–water partition coefficient (Wildman–Crippen LogP) is 5.41. The second-order valence-corrected chi connectivity index (χ2v) is 6.74. The molecule has 0 radical (unpaired) electrons. The minimum atomic E-state index is 0.518. The van der Waals surface area contributed by atoms with Gasteiger partial charge in [0.25, 0.3) is 0 Å². The molecule has 1 atom stereocenters. The molecule has 2 nitrogen and oxygen atoms in total. The average Bonchev–Trinajstić information content (AvgIpc) is 2.96. The Morgan fingerprint density at radius 2 is 1.83 bits per heavy atom. The summed E-state index contributed by atoms with van der Waals surface area (Å²) in [6.07, 6.45) is 5.24. The SMILES string of the molecule is N#CCC[C@@H]1CCCc2c1n(Cc1ccccc1)c1ccccc21. The van der Waals surface area contributed by atoms with Crippen LogP contribution < -0.4 is 0 Å². The fraction of sp³-hybridized carbons (Fsp3) is 0.318. The molecule has 0 saturated heterocycles. The van der Waals surface area contributed by atoms with Gasteiger partial charge in [-0.3, -0.25) is 0 Å². The number of aromatic nitrogens is 1. The van der Waals surface area contributed by atoms with E-state index in [2.05, 4.69) is 65.2 Å². The van der Waals surface area contributed by atoms with Gasteiger partial charge in [0.15, 0.2) is 0 Å². The summed E-state index contributed by atoms with van der Waals surface area (Å²) in [7, 11) is 0. The summed E-state index contributed by atoms with van der Waals surface area (Å²) < 4.78 is 2.52. The molecule has 1 aromatic heterocycles. The van der Waals surface area contributed by atoms with Crippen LogP contribution in [-0.4, -0.2) is 4.57 Å². The van der Waals surface area contributed by atoms with E-state index >= 15 is 0 Å². The zero-order chi connectivity index (χ0) is 16.4. The molecule has 4 rings (SSSR count). The lowest BCUT2D eigenvalue weighted by molar-refractivity contribution is 0.496. The highest BCUT2D eigenvalue weighted by Crippen LogP contribution is 2.40. The van der Waals surface area contributed by atoms with E-state index in [1.54, 1.807) is 0 Å². The first kappa shape index (κ1) is 15.0. The molecule has 0 bridgehead atoms. The molecule has 2 aromatic carbocycles. The van der Waals surface area contributed by atoms with E-state index in [1.807, 2.05) is 0 Å². The van der Waals surface area contributed by atoms with Crippen molar-refractivity contribution in [1.29, 1.82) is 5.26 Å². The number of hydrogen-bond donors (Lipinski definition) is 0. The lowest BCUT2D eigenvalue weighted by atomic mass is 9.84. The van der Waals surface area contributed by atoms with E-state index in [0.717, 1.165) is 13.0 Å². The molecule has 0 saturated carbocycles. The average molecular weight is 314 g/mol. The minimum Gasteiger partial charge on any atom is -0.340 e. The Hall–Kier alpha value is -2.53. The molecule has 0 aliphatic heterocycles. The van der Waals surface area contributed by atoms with Gasteiger partial charge in [0.2, 0.25) is 0 Å². The quantitative estimate of drug-likeness (QED) is 0.632. The van der Waals surface area contributed by atoms with Crippen LogP contribution in [0.25, 0.3) is 10.9 Å². The van der Waals surface area contributed by atoms with Gasteiger partial charge in [-0.05, 0) is 42.9 Å². The van der Waals surface area contributed by atoms with Gasteiger partial charge in [0.1, 0.15) is 0 Å². The van der Waals surface area contributed by atoms with Crippen molar-refractivity contribution < 1.29 is 0 Å². The molecule has 2 heteroatoms. The van der Waals surface area contributed by atoms with E-state index in [9.17, 15) is 0 Å². The number of nitriles is 1. The Bertz CT molecular complexity index is 883. The third kappa shape index (κ3) is 2.61. The van der Waals surface area contributed by atoms with Crippen LogP contribution in [0.3, 0.4) is 0 Å². The van der Waals surface area contributed by atoms with Crippen molar-refractivity contribution >= 4 is 10.9 Å². The van der Waals surface area contributed by atoms with Gasteiger partial charge in [0, 0.05) is 35.5 Å². The number of benzene rings is 2. The molecule has 0 unspecified atom stereocenters. The molecular formula is C22H22N2. The number of hydrogen-bond acceptors (Lipinski definition) is 1. The second kappa shape index (κ2) is 6.53. The zero-order valence-corrected chi connectivity index (χ0v) is 13.9. The summed E-state index contributed by atoms with van der Waals surface area (Å²) in [5.74, 6) is 0.518. The highest BCUT2D eigenvalue weighted by Gasteiger charge is 2.27. The highest BCUT2D eigenvalue weighted by atomic mass is 15.0. The molecule has 120 valence electrons. The van der Waals surface area contributed by atoms with Gasteiger partial charge in [-0.15, -0.1) is 0 Å². The molecule has 24 heavy (non-hydrogen) atoms. The molecule has 0 amide bonds. The standard InChI is InChI=1S/C22H22N2/c23-15-7-11-18-10-6-13-20-19-12-4-5-14-21(19)24(22(18)20)16-17-8-2-1-3-9-17/h1-5,8-9,12,14,18H,6-7,10-11,13,16H2/t18-/m0/s1. The van der Waals surface area contributed by atoms with E-state index < -0.39 is 0 Å². The Morgan fingerprint density at radius 1 is 1.04 bits per heavy atom. The van der Waals surface area contributed by atoms with Crippen LogP contribution in [0, 0.1) is 11.3 Å². The Balaban J connectivity index is 1.86. The second-order valence-electron chi connectivity index (χ2n) is 6.74. The normalized spacial score (nSPS) is 16.7. The van der Waals surface area contributed by atoms with Crippen molar-refractivity contribution in [3.05, 3.63) is 71.4 Å². The largest absolute Gasteiger partial charge is 0.340 e. The van der Waals surface area contributed by atoms with Crippen molar-refractivity contribution in [3.63, 3.8) is 0 Å². The minimum absolute atomic E-state index is 0.518. The van der Waals surface area contributed by atoms with Gasteiger partial charge in [-0.2, -0.15) is 5.26 Å². The number of fused-ring (bicyclic) bond motifs is 3. The summed E-state index contributed by atoms with van der Waals surface area (Å²) in [5.41, 5.74) is 5.69. The maximum absolute atomic E-state index is 9.03. The van der Waals surface area contributed by atoms with Crippen LogP contribution >= 0.6 is 0 Å². The van der Waals surface area contributed by atoms with E-state index in [4.69, 9.17) is 5.26 Å². The topological polar surface area (TPSA) is 28.7 Å². The first-order valence-corrected chi connectivity index (χ1v) is 8.89. The molecule has 0 fully saturated rings. The maximum atomic E-state index is 9.03. The lowest BCUT2D eigenvalue weighted by Crippen LogP contribution is -2.15. The zero-order valence-electron chi connectivity index (χ0n) is 13.9. The van der Waals surface area contributed by atoms with Gasteiger partial charge < -0.3 is 4.57 Å². The van der Waals surface area contributed by atoms with Crippen molar-refractivity contribution in [2.24, 2.45) is 0 Å². The molecule has 0 spiro atoms. The van der Waals surface area contributed by atoms with Crippen LogP contribution in [0.4, 0.5) is 0 Å². The van der Waals surface area contributed by atoms with E-state index in [0.29, 0.717) is 12.3 Å². The van der Waals surface area contributed by atoms with E-state index in [-0.39, 0.29) is 0 Å². The number of nitrogens with zero attached hydrogens (tertiary/aromatic N) is 2. The third-order valence-corrected chi connectivity index (χ3v) is 5.27. The van der Waals surface area contributed by atoms with Crippen molar-refractivity contribution in [1.82, 2.24) is 4.57 Å². The third-order valence-electron chi connectivity index (χ3n) is 5.27. The van der Waals surface area contributed by atoms with Crippen LogP contribution in [0.15, 0.2) is 54.6 Å². The van der Waals surface area contributed by atoms with Crippen LogP contribution in [0.1, 0.15) is 48.4 Å². The van der Waals surface area contributed by atoms with Gasteiger partial charge >= 0.3 is 0 Å². The van der Waals surface area contributed by atoms with Crippen LogP contribution in [-0.2, 0) is 13.0 Å². The predicted molar refractivity (Wildman–Crippen MR) is 98.0 cm³/mol. The Labute approximate surface area is 143 Å². The van der Waals surface area contributed by atoms with Gasteiger partial charge in [0.05, 0.1) is 6.07 Å². The maximum Gasteiger partial charge on any atom is 0.0621 e. The first-order chi connectivity index (χ1) is 11.9. The molecule has 1 aliphatic rings. The van der Waals surface area contributed by atoms with E-state index in [1.165, 1.54) is 47.0 Å². The monoisotopic (exact) mass is 314 g/mol. The molecule has 1 aliphatic carbocycles. The first-order valence-electron chi connectivity index (χ1n) is 8.89. The smallest absolute Gasteiger partial charge is 0.0621 e. The molecule has 3 aromatic rings. The van der Waals surface area contributed by atoms with Gasteiger partial charge in [-0.25, -0.2) is 0 Å². The van der Waals surface area contributed by atoms with Crippen molar-refractivity contribution in [2.45, 2.75) is 44.6 Å². The summed E-state index contributed by atoms with van der Waals surface area (Å²) >= 11 is 0. The Kier molecular flexibility index (Phi) is 4.09. The Morgan fingerprint density at radius 3 is 2.67 bits per heavy atom. The lowest BCUT2D eigenvalue weighted by Gasteiger charge is -2.25. The highest BCUT2D eigenvalue weighted by molar-refractivity contribution is 5.86. The van der Waals surface area contributed by atoms with Crippen LogP contribution in [0.2, 0.25) is 0 Å². The van der Waals surface area contributed by atoms with Crippen molar-refractivity contribution in [2.75, 3.05) is 0 Å². The number of aryl methyl sites for hydroxylation is 1. The molecular weight excluding hydrogens is 292 g/mol. The summed E-state index contributed by atoms with van der Waals surface area (Å²) in [4.78, 5) is 0.